The molecular weight excluding hydrogens is 322 g/mol. The number of fused-ring (bicyclic) bond motifs is 1. The van der Waals surface area contributed by atoms with Gasteiger partial charge in [-0.1, -0.05) is 0 Å². The van der Waals surface area contributed by atoms with E-state index >= 15 is 0 Å². The summed E-state index contributed by atoms with van der Waals surface area (Å²) in [7, 11) is 3.12. The van der Waals surface area contributed by atoms with Crippen molar-refractivity contribution < 1.29 is 19.4 Å². The van der Waals surface area contributed by atoms with Crippen molar-refractivity contribution in [3.05, 3.63) is 53.7 Å². The van der Waals surface area contributed by atoms with Crippen molar-refractivity contribution in [2.75, 3.05) is 14.2 Å². The summed E-state index contributed by atoms with van der Waals surface area (Å²) in [4.78, 5) is 15.2. The Kier molecular flexibility index (Phi) is 4.56. The lowest BCUT2D eigenvalue weighted by molar-refractivity contribution is 0.0951. The Morgan fingerprint density at radius 3 is 2.60 bits per heavy atom. The summed E-state index contributed by atoms with van der Waals surface area (Å²) in [6, 6.07) is 11.9. The minimum atomic E-state index is -0.395. The van der Waals surface area contributed by atoms with Gasteiger partial charge >= 0.3 is 0 Å². The fourth-order valence-corrected chi connectivity index (χ4v) is 2.34. The lowest BCUT2D eigenvalue weighted by atomic mass is 10.2. The number of amides is 1. The maximum Gasteiger partial charge on any atom is 0.287 e. The quantitative estimate of drug-likeness (QED) is 0.492. The second kappa shape index (κ2) is 6.96. The van der Waals surface area contributed by atoms with Gasteiger partial charge in [0.25, 0.3) is 5.91 Å². The van der Waals surface area contributed by atoms with E-state index in [-0.39, 0.29) is 5.75 Å². The molecule has 0 radical (unpaired) electrons. The number of rotatable bonds is 5. The second-order valence-corrected chi connectivity index (χ2v) is 5.26. The number of aromatic hydroxyl groups is 1. The number of benzene rings is 2. The van der Waals surface area contributed by atoms with Crippen molar-refractivity contribution in [3.63, 3.8) is 0 Å². The Hall–Kier alpha value is -3.48. The molecule has 0 aliphatic carbocycles. The number of methoxy groups -OCH3 is 2. The van der Waals surface area contributed by atoms with Crippen LogP contribution in [0.3, 0.4) is 0 Å². The summed E-state index contributed by atoms with van der Waals surface area (Å²) in [5, 5.41) is 14.5. The molecule has 25 heavy (non-hydrogen) atoms. The second-order valence-electron chi connectivity index (χ2n) is 5.26. The predicted octanol–water partition coefficient (Wildman–Crippen LogP) is 2.65. The third kappa shape index (κ3) is 3.55. The standard InChI is InChI=1S/C18H17N3O4/c1-24-13-3-5-15-11(7-13)9-16(20-15)18(23)21-19-10-12-8-14(25-2)4-6-17(12)22/h3-10,20,22H,1-2H3,(H,21,23)/b19-10+. The van der Waals surface area contributed by atoms with Gasteiger partial charge in [0, 0.05) is 16.5 Å². The molecule has 1 amide bonds. The third-order valence-corrected chi connectivity index (χ3v) is 3.68. The topological polar surface area (TPSA) is 95.9 Å². The summed E-state index contributed by atoms with van der Waals surface area (Å²) in [6.07, 6.45) is 1.35. The smallest absolute Gasteiger partial charge is 0.287 e. The number of hydrogen-bond acceptors (Lipinski definition) is 5. The number of carbonyl (C=O) groups is 1. The van der Waals surface area contributed by atoms with Crippen molar-refractivity contribution in [1.29, 1.82) is 0 Å². The summed E-state index contributed by atoms with van der Waals surface area (Å²) >= 11 is 0. The molecule has 0 bridgehead atoms. The highest BCUT2D eigenvalue weighted by molar-refractivity contribution is 5.98. The van der Waals surface area contributed by atoms with Crippen LogP contribution in [0, 0.1) is 0 Å². The molecule has 3 aromatic rings. The van der Waals surface area contributed by atoms with Gasteiger partial charge in [-0.25, -0.2) is 5.43 Å². The molecule has 1 heterocycles. The lowest BCUT2D eigenvalue weighted by Crippen LogP contribution is -2.17. The van der Waals surface area contributed by atoms with Gasteiger partial charge < -0.3 is 19.6 Å². The summed E-state index contributed by atoms with van der Waals surface area (Å²) in [5.41, 5.74) is 4.04. The first kappa shape index (κ1) is 16.4. The highest BCUT2D eigenvalue weighted by Crippen LogP contribution is 2.22. The van der Waals surface area contributed by atoms with Crippen LogP contribution in [0.1, 0.15) is 16.1 Å². The van der Waals surface area contributed by atoms with Gasteiger partial charge in [-0.15, -0.1) is 0 Å². The van der Waals surface area contributed by atoms with Crippen LogP contribution in [0.4, 0.5) is 0 Å². The minimum Gasteiger partial charge on any atom is -0.507 e. The summed E-state index contributed by atoms with van der Waals surface area (Å²) in [5.74, 6) is 0.936. The number of nitrogens with zero attached hydrogens (tertiary/aromatic N) is 1. The molecule has 0 spiro atoms. The largest absolute Gasteiger partial charge is 0.507 e. The summed E-state index contributed by atoms with van der Waals surface area (Å²) < 4.78 is 10.2. The molecule has 3 rings (SSSR count). The predicted molar refractivity (Wildman–Crippen MR) is 94.6 cm³/mol. The van der Waals surface area contributed by atoms with Crippen LogP contribution >= 0.6 is 0 Å². The molecule has 7 heteroatoms. The number of H-pyrrole nitrogens is 1. The van der Waals surface area contributed by atoms with E-state index in [9.17, 15) is 9.90 Å². The zero-order chi connectivity index (χ0) is 17.8. The van der Waals surface area contributed by atoms with Crippen LogP contribution in [0.2, 0.25) is 0 Å². The van der Waals surface area contributed by atoms with Crippen LogP contribution in [-0.2, 0) is 0 Å². The first-order valence-electron chi connectivity index (χ1n) is 7.48. The molecule has 0 aliphatic rings. The maximum absolute atomic E-state index is 12.2. The number of hydrogen-bond donors (Lipinski definition) is 3. The van der Waals surface area contributed by atoms with E-state index in [1.165, 1.54) is 19.4 Å². The highest BCUT2D eigenvalue weighted by Gasteiger charge is 2.09. The number of aromatic nitrogens is 1. The van der Waals surface area contributed by atoms with Crippen molar-refractivity contribution in [1.82, 2.24) is 10.4 Å². The molecule has 128 valence electrons. The number of hydrazone groups is 1. The Balaban J connectivity index is 1.74. The van der Waals surface area contributed by atoms with Gasteiger partial charge in [0.1, 0.15) is 22.9 Å². The number of phenolic OH excluding ortho intramolecular Hbond substituents is 1. The van der Waals surface area contributed by atoms with E-state index in [0.29, 0.717) is 22.8 Å². The third-order valence-electron chi connectivity index (χ3n) is 3.68. The molecule has 1 aromatic heterocycles. The summed E-state index contributed by atoms with van der Waals surface area (Å²) in [6.45, 7) is 0. The van der Waals surface area contributed by atoms with Gasteiger partial charge in [-0.05, 0) is 42.5 Å². The van der Waals surface area contributed by atoms with E-state index in [1.54, 1.807) is 25.3 Å². The highest BCUT2D eigenvalue weighted by atomic mass is 16.5. The van der Waals surface area contributed by atoms with E-state index in [2.05, 4.69) is 15.5 Å². The Morgan fingerprint density at radius 1 is 1.12 bits per heavy atom. The van der Waals surface area contributed by atoms with Crippen molar-refractivity contribution in [3.8, 4) is 17.2 Å². The number of carbonyl (C=O) groups excluding carboxylic acids is 1. The van der Waals surface area contributed by atoms with E-state index in [0.717, 1.165) is 10.9 Å². The Labute approximate surface area is 143 Å². The fourth-order valence-electron chi connectivity index (χ4n) is 2.34. The van der Waals surface area contributed by atoms with Gasteiger partial charge in [0.15, 0.2) is 0 Å². The van der Waals surface area contributed by atoms with Gasteiger partial charge in [0.05, 0.1) is 20.4 Å². The monoisotopic (exact) mass is 339 g/mol. The van der Waals surface area contributed by atoms with Crippen molar-refractivity contribution in [2.45, 2.75) is 0 Å². The van der Waals surface area contributed by atoms with Crippen LogP contribution in [0.25, 0.3) is 10.9 Å². The zero-order valence-electron chi connectivity index (χ0n) is 13.7. The van der Waals surface area contributed by atoms with Gasteiger partial charge in [-0.3, -0.25) is 4.79 Å². The maximum atomic E-state index is 12.2. The Bertz CT molecular complexity index is 947. The van der Waals surface area contributed by atoms with Crippen LogP contribution in [0.5, 0.6) is 17.2 Å². The molecule has 0 saturated heterocycles. The average Bonchev–Trinajstić information content (AvgIpc) is 3.06. The van der Waals surface area contributed by atoms with Crippen molar-refractivity contribution in [2.24, 2.45) is 5.10 Å². The molecular formula is C18H17N3O4. The molecule has 2 aromatic carbocycles. The van der Waals surface area contributed by atoms with E-state index in [1.807, 2.05) is 18.2 Å². The first-order valence-corrected chi connectivity index (χ1v) is 7.48. The van der Waals surface area contributed by atoms with E-state index in [4.69, 9.17) is 9.47 Å². The van der Waals surface area contributed by atoms with E-state index < -0.39 is 5.91 Å². The number of phenols is 1. The molecule has 0 unspecified atom stereocenters. The number of aromatic amines is 1. The minimum absolute atomic E-state index is 0.0384. The Morgan fingerprint density at radius 2 is 1.84 bits per heavy atom. The van der Waals surface area contributed by atoms with Crippen LogP contribution in [0.15, 0.2) is 47.6 Å². The molecule has 0 saturated carbocycles. The molecule has 0 aliphatic heterocycles. The molecule has 0 fully saturated rings. The van der Waals surface area contributed by atoms with Crippen LogP contribution < -0.4 is 14.9 Å². The number of nitrogens with one attached hydrogen (secondary N) is 2. The molecule has 0 atom stereocenters. The first-order chi connectivity index (χ1) is 12.1. The van der Waals surface area contributed by atoms with Gasteiger partial charge in [0.2, 0.25) is 0 Å². The molecule has 3 N–H and O–H groups in total. The fraction of sp³-hybridized carbons (Fsp3) is 0.111. The van der Waals surface area contributed by atoms with Crippen molar-refractivity contribution >= 4 is 23.0 Å². The molecule has 7 nitrogen and oxygen atoms in total. The normalized spacial score (nSPS) is 11.0. The lowest BCUT2D eigenvalue weighted by Gasteiger charge is -2.03. The number of ether oxygens (including phenoxy) is 2. The average molecular weight is 339 g/mol. The van der Waals surface area contributed by atoms with Gasteiger partial charge in [-0.2, -0.15) is 5.10 Å². The SMILES string of the molecule is COc1ccc(O)c(/C=N/NC(=O)c2cc3cc(OC)ccc3[nH]2)c1. The van der Waals surface area contributed by atoms with Crippen LogP contribution in [-0.4, -0.2) is 36.4 Å². The zero-order valence-corrected chi connectivity index (χ0v) is 13.7.